The van der Waals surface area contributed by atoms with E-state index < -0.39 is 17.5 Å². The Morgan fingerprint density at radius 2 is 1.79 bits per heavy atom. The first-order valence-corrected chi connectivity index (χ1v) is 8.49. The number of carbonyl (C=O) groups is 1. The maximum atomic E-state index is 14.0. The van der Waals surface area contributed by atoms with Gasteiger partial charge in [0.25, 0.3) is 5.91 Å². The standard InChI is InChI=1S/C21H14F2N2O4/c1-28-19-14(7-8-15(22)18(19)23)11-2-4-12(5-3-11)21-24-16-10-13(20(26)25-27)6-9-17(16)29-21/h2-10,27H,1H3,(H,25,26). The van der Waals surface area contributed by atoms with E-state index in [1.165, 1.54) is 25.3 Å². The highest BCUT2D eigenvalue weighted by Crippen LogP contribution is 2.35. The second-order valence-electron chi connectivity index (χ2n) is 6.16. The number of aromatic nitrogens is 1. The molecule has 4 rings (SSSR count). The van der Waals surface area contributed by atoms with Crippen LogP contribution in [0.3, 0.4) is 0 Å². The highest BCUT2D eigenvalue weighted by atomic mass is 19.2. The molecule has 0 fully saturated rings. The quantitative estimate of drug-likeness (QED) is 0.390. The lowest BCUT2D eigenvalue weighted by atomic mass is 10.0. The maximum Gasteiger partial charge on any atom is 0.274 e. The Labute approximate surface area is 163 Å². The number of nitrogens with one attached hydrogen (secondary N) is 1. The van der Waals surface area contributed by atoms with E-state index in [9.17, 15) is 13.6 Å². The van der Waals surface area contributed by atoms with Crippen LogP contribution in [0.25, 0.3) is 33.7 Å². The average Bonchev–Trinajstić information content (AvgIpc) is 3.18. The molecule has 0 aliphatic carbocycles. The minimum atomic E-state index is -1.05. The van der Waals surface area contributed by atoms with Crippen LogP contribution in [0.4, 0.5) is 8.78 Å². The van der Waals surface area contributed by atoms with Crippen molar-refractivity contribution in [1.29, 1.82) is 0 Å². The van der Waals surface area contributed by atoms with E-state index in [2.05, 4.69) is 4.98 Å². The van der Waals surface area contributed by atoms with Gasteiger partial charge in [-0.05, 0) is 48.0 Å². The second kappa shape index (κ2) is 7.33. The van der Waals surface area contributed by atoms with Crippen LogP contribution < -0.4 is 10.2 Å². The monoisotopic (exact) mass is 396 g/mol. The van der Waals surface area contributed by atoms with Gasteiger partial charge in [0.2, 0.25) is 11.7 Å². The van der Waals surface area contributed by atoms with Crippen LogP contribution in [0.2, 0.25) is 0 Å². The summed E-state index contributed by atoms with van der Waals surface area (Å²) in [6, 6.07) is 13.9. The topological polar surface area (TPSA) is 84.6 Å². The van der Waals surface area contributed by atoms with Crippen LogP contribution in [0, 0.1) is 11.6 Å². The van der Waals surface area contributed by atoms with Crippen molar-refractivity contribution in [1.82, 2.24) is 10.5 Å². The third-order valence-electron chi connectivity index (χ3n) is 4.45. The molecular formula is C21H14F2N2O4. The third-order valence-corrected chi connectivity index (χ3v) is 4.45. The number of hydrogen-bond donors (Lipinski definition) is 2. The molecule has 0 aliphatic heterocycles. The number of nitrogens with zero attached hydrogens (tertiary/aromatic N) is 1. The SMILES string of the molecule is COc1c(-c2ccc(-c3nc4cc(C(=O)NO)ccc4o3)cc2)ccc(F)c1F. The molecule has 0 saturated heterocycles. The van der Waals surface area contributed by atoms with E-state index in [1.807, 2.05) is 0 Å². The zero-order valence-electron chi connectivity index (χ0n) is 15.1. The van der Waals surface area contributed by atoms with E-state index in [-0.39, 0.29) is 11.3 Å². The normalized spacial score (nSPS) is 10.9. The van der Waals surface area contributed by atoms with Gasteiger partial charge in [-0.15, -0.1) is 0 Å². The number of benzene rings is 3. The van der Waals surface area contributed by atoms with Crippen LogP contribution in [-0.4, -0.2) is 23.2 Å². The van der Waals surface area contributed by atoms with Gasteiger partial charge in [0.05, 0.1) is 7.11 Å². The van der Waals surface area contributed by atoms with Gasteiger partial charge in [0, 0.05) is 16.7 Å². The number of oxazole rings is 1. The van der Waals surface area contributed by atoms with Gasteiger partial charge < -0.3 is 9.15 Å². The number of fused-ring (bicyclic) bond motifs is 1. The molecule has 29 heavy (non-hydrogen) atoms. The first-order valence-electron chi connectivity index (χ1n) is 8.49. The molecule has 3 aromatic carbocycles. The van der Waals surface area contributed by atoms with Crippen molar-refractivity contribution < 1.29 is 27.9 Å². The van der Waals surface area contributed by atoms with E-state index in [0.717, 1.165) is 6.07 Å². The summed E-state index contributed by atoms with van der Waals surface area (Å²) in [6.45, 7) is 0. The molecule has 1 amide bonds. The zero-order chi connectivity index (χ0) is 20.5. The lowest BCUT2D eigenvalue weighted by molar-refractivity contribution is 0.0706. The fraction of sp³-hybridized carbons (Fsp3) is 0.0476. The molecule has 2 N–H and O–H groups in total. The summed E-state index contributed by atoms with van der Waals surface area (Å²) in [5, 5.41) is 8.74. The number of carbonyl (C=O) groups excluding carboxylic acids is 1. The summed E-state index contributed by atoms with van der Waals surface area (Å²) < 4.78 is 38.1. The minimum absolute atomic E-state index is 0.172. The fourth-order valence-corrected chi connectivity index (χ4v) is 3.01. The number of ether oxygens (including phenoxy) is 1. The predicted molar refractivity (Wildman–Crippen MR) is 101 cm³/mol. The van der Waals surface area contributed by atoms with Gasteiger partial charge in [0.15, 0.2) is 17.1 Å². The Morgan fingerprint density at radius 3 is 2.48 bits per heavy atom. The molecule has 0 aliphatic rings. The summed E-state index contributed by atoms with van der Waals surface area (Å²) in [5.41, 5.74) is 4.42. The second-order valence-corrected chi connectivity index (χ2v) is 6.16. The van der Waals surface area contributed by atoms with Crippen LogP contribution in [0.1, 0.15) is 10.4 Å². The molecule has 6 nitrogen and oxygen atoms in total. The van der Waals surface area contributed by atoms with Gasteiger partial charge in [0.1, 0.15) is 5.52 Å². The van der Waals surface area contributed by atoms with Crippen LogP contribution in [0.15, 0.2) is 59.0 Å². The lowest BCUT2D eigenvalue weighted by Crippen LogP contribution is -2.18. The smallest absolute Gasteiger partial charge is 0.274 e. The first kappa shape index (κ1) is 18.6. The number of methoxy groups -OCH3 is 1. The Kier molecular flexibility index (Phi) is 4.69. The van der Waals surface area contributed by atoms with Crippen LogP contribution in [0.5, 0.6) is 5.75 Å². The number of halogens is 2. The number of amides is 1. The highest BCUT2D eigenvalue weighted by Gasteiger charge is 2.16. The van der Waals surface area contributed by atoms with Crippen molar-refractivity contribution in [3.05, 3.63) is 71.8 Å². The molecule has 0 saturated carbocycles. The third kappa shape index (κ3) is 3.30. The Bertz CT molecular complexity index is 1220. The molecule has 0 atom stereocenters. The molecule has 1 aromatic heterocycles. The van der Waals surface area contributed by atoms with Crippen molar-refractivity contribution in [2.75, 3.05) is 7.11 Å². The van der Waals surface area contributed by atoms with Crippen molar-refractivity contribution in [2.24, 2.45) is 0 Å². The van der Waals surface area contributed by atoms with Gasteiger partial charge >= 0.3 is 0 Å². The molecule has 1 heterocycles. The molecule has 8 heteroatoms. The molecule has 146 valence electrons. The Balaban J connectivity index is 1.70. The Morgan fingerprint density at radius 1 is 1.07 bits per heavy atom. The average molecular weight is 396 g/mol. The summed E-state index contributed by atoms with van der Waals surface area (Å²) in [5.74, 6) is -2.53. The number of hydrogen-bond acceptors (Lipinski definition) is 5. The molecule has 0 unspecified atom stereocenters. The predicted octanol–water partition coefficient (Wildman–Crippen LogP) is 4.57. The molecule has 0 radical (unpaired) electrons. The van der Waals surface area contributed by atoms with E-state index in [1.54, 1.807) is 35.8 Å². The molecule has 0 bridgehead atoms. The van der Waals surface area contributed by atoms with Gasteiger partial charge in [-0.2, -0.15) is 4.39 Å². The van der Waals surface area contributed by atoms with E-state index >= 15 is 0 Å². The lowest BCUT2D eigenvalue weighted by Gasteiger charge is -2.10. The van der Waals surface area contributed by atoms with Gasteiger partial charge in [-0.1, -0.05) is 12.1 Å². The van der Waals surface area contributed by atoms with Gasteiger partial charge in [-0.3, -0.25) is 10.0 Å². The summed E-state index contributed by atoms with van der Waals surface area (Å²) in [6.07, 6.45) is 0. The molecule has 0 spiro atoms. The minimum Gasteiger partial charge on any atom is -0.493 e. The molecule has 4 aromatic rings. The largest absolute Gasteiger partial charge is 0.493 e. The van der Waals surface area contributed by atoms with Crippen molar-refractivity contribution in [3.8, 4) is 28.3 Å². The highest BCUT2D eigenvalue weighted by molar-refractivity contribution is 5.96. The number of hydroxylamine groups is 1. The molecular weight excluding hydrogens is 382 g/mol. The summed E-state index contributed by atoms with van der Waals surface area (Å²) in [4.78, 5) is 15.9. The van der Waals surface area contributed by atoms with Gasteiger partial charge in [-0.25, -0.2) is 14.9 Å². The summed E-state index contributed by atoms with van der Waals surface area (Å²) >= 11 is 0. The van der Waals surface area contributed by atoms with Crippen molar-refractivity contribution in [2.45, 2.75) is 0 Å². The Hall–Kier alpha value is -3.78. The van der Waals surface area contributed by atoms with Crippen molar-refractivity contribution in [3.63, 3.8) is 0 Å². The number of rotatable bonds is 4. The first-order chi connectivity index (χ1) is 14.0. The van der Waals surface area contributed by atoms with Crippen LogP contribution >= 0.6 is 0 Å². The van der Waals surface area contributed by atoms with E-state index in [0.29, 0.717) is 33.7 Å². The van der Waals surface area contributed by atoms with E-state index in [4.69, 9.17) is 14.4 Å². The summed E-state index contributed by atoms with van der Waals surface area (Å²) in [7, 11) is 1.28. The van der Waals surface area contributed by atoms with Crippen molar-refractivity contribution >= 4 is 17.0 Å². The maximum absolute atomic E-state index is 14.0. The fourth-order valence-electron chi connectivity index (χ4n) is 3.01. The zero-order valence-corrected chi connectivity index (χ0v) is 15.1. The van der Waals surface area contributed by atoms with Crippen LogP contribution in [-0.2, 0) is 0 Å².